The molecule has 2 fully saturated rings. The lowest BCUT2D eigenvalue weighted by Crippen LogP contribution is -2.28. The molecule has 10 heavy (non-hydrogen) atoms. The highest BCUT2D eigenvalue weighted by atomic mass is 79.9. The molecular formula is C6H9BrO3. The molecule has 2 aliphatic heterocycles. The van der Waals surface area contributed by atoms with E-state index in [0.29, 0.717) is 13.2 Å². The van der Waals surface area contributed by atoms with Crippen LogP contribution in [0.4, 0.5) is 0 Å². The largest absolute Gasteiger partial charge is 0.388 e. The van der Waals surface area contributed by atoms with Crippen molar-refractivity contribution < 1.29 is 14.6 Å². The average molecular weight is 209 g/mol. The zero-order valence-electron chi connectivity index (χ0n) is 5.37. The molecule has 0 radical (unpaired) electrons. The van der Waals surface area contributed by atoms with Gasteiger partial charge in [0.05, 0.1) is 18.0 Å². The summed E-state index contributed by atoms with van der Waals surface area (Å²) in [5.74, 6) is 0. The first-order valence-corrected chi connectivity index (χ1v) is 4.26. The number of aliphatic hydroxyl groups excluding tert-OH is 1. The zero-order valence-corrected chi connectivity index (χ0v) is 6.95. The fourth-order valence-electron chi connectivity index (χ4n) is 1.43. The molecule has 0 aliphatic carbocycles. The van der Waals surface area contributed by atoms with E-state index in [0.717, 1.165) is 0 Å². The molecule has 4 atom stereocenters. The lowest BCUT2D eigenvalue weighted by atomic mass is 10.1. The molecule has 0 aromatic heterocycles. The summed E-state index contributed by atoms with van der Waals surface area (Å²) in [5, 5.41) is 9.25. The molecule has 0 spiro atoms. The van der Waals surface area contributed by atoms with Crippen molar-refractivity contribution in [1.29, 1.82) is 0 Å². The summed E-state index contributed by atoms with van der Waals surface area (Å²) in [6, 6.07) is 0. The molecule has 0 aromatic carbocycles. The van der Waals surface area contributed by atoms with Gasteiger partial charge in [0.1, 0.15) is 18.3 Å². The molecule has 0 amide bonds. The molecule has 2 heterocycles. The smallest absolute Gasteiger partial charge is 0.113 e. The van der Waals surface area contributed by atoms with Crippen LogP contribution in [0.2, 0.25) is 0 Å². The minimum Gasteiger partial charge on any atom is -0.388 e. The highest BCUT2D eigenvalue weighted by molar-refractivity contribution is 9.09. The Hall–Kier alpha value is 0.360. The van der Waals surface area contributed by atoms with E-state index >= 15 is 0 Å². The molecule has 0 bridgehead atoms. The molecular weight excluding hydrogens is 200 g/mol. The fraction of sp³-hybridized carbons (Fsp3) is 1.00. The molecule has 2 saturated heterocycles. The van der Waals surface area contributed by atoms with Crippen LogP contribution in [0.25, 0.3) is 0 Å². The average Bonchev–Trinajstić information content (AvgIpc) is 2.41. The van der Waals surface area contributed by atoms with E-state index in [9.17, 15) is 5.11 Å². The van der Waals surface area contributed by atoms with E-state index < -0.39 is 6.10 Å². The van der Waals surface area contributed by atoms with Crippen molar-refractivity contribution in [3.05, 3.63) is 0 Å². The number of hydrogen-bond acceptors (Lipinski definition) is 3. The van der Waals surface area contributed by atoms with Crippen LogP contribution in [-0.2, 0) is 9.47 Å². The predicted octanol–water partition coefficient (Wildman–Crippen LogP) is -0.0916. The Morgan fingerprint density at radius 1 is 1.20 bits per heavy atom. The van der Waals surface area contributed by atoms with E-state index in [2.05, 4.69) is 15.9 Å². The van der Waals surface area contributed by atoms with Crippen molar-refractivity contribution in [2.24, 2.45) is 0 Å². The Morgan fingerprint density at radius 2 is 1.90 bits per heavy atom. The van der Waals surface area contributed by atoms with E-state index in [-0.39, 0.29) is 17.0 Å². The van der Waals surface area contributed by atoms with Gasteiger partial charge in [-0.1, -0.05) is 15.9 Å². The van der Waals surface area contributed by atoms with Gasteiger partial charge in [-0.25, -0.2) is 0 Å². The van der Waals surface area contributed by atoms with Crippen LogP contribution < -0.4 is 0 Å². The predicted molar refractivity (Wildman–Crippen MR) is 38.2 cm³/mol. The van der Waals surface area contributed by atoms with Crippen molar-refractivity contribution in [3.8, 4) is 0 Å². The van der Waals surface area contributed by atoms with E-state index in [4.69, 9.17) is 9.47 Å². The van der Waals surface area contributed by atoms with Crippen molar-refractivity contribution in [1.82, 2.24) is 0 Å². The molecule has 58 valence electrons. The second-order valence-corrected chi connectivity index (χ2v) is 3.86. The SMILES string of the molecule is O[C@@H]1CO[C@H]2[C@H]1OC[C@H]2Br. The van der Waals surface area contributed by atoms with Crippen LogP contribution in [0.15, 0.2) is 0 Å². The number of rotatable bonds is 0. The molecule has 0 saturated carbocycles. The Balaban J connectivity index is 2.09. The Bertz CT molecular complexity index is 125. The van der Waals surface area contributed by atoms with Gasteiger partial charge in [-0.3, -0.25) is 0 Å². The molecule has 3 nitrogen and oxygen atoms in total. The van der Waals surface area contributed by atoms with Crippen molar-refractivity contribution in [2.75, 3.05) is 13.2 Å². The highest BCUT2D eigenvalue weighted by Crippen LogP contribution is 2.30. The fourth-order valence-corrected chi connectivity index (χ4v) is 2.04. The number of aliphatic hydroxyl groups is 1. The number of halogens is 1. The number of hydrogen-bond donors (Lipinski definition) is 1. The first-order valence-electron chi connectivity index (χ1n) is 3.34. The third kappa shape index (κ3) is 0.906. The lowest BCUT2D eigenvalue weighted by Gasteiger charge is -2.09. The van der Waals surface area contributed by atoms with E-state index in [1.807, 2.05) is 0 Å². The standard InChI is InChI=1S/C6H9BrO3/c7-3-1-9-6-4(8)2-10-5(3)6/h3-6,8H,1-2H2/t3-,4-,5-,6+/m1/s1. The Morgan fingerprint density at radius 3 is 2.60 bits per heavy atom. The summed E-state index contributed by atoms with van der Waals surface area (Å²) in [6.45, 7) is 1.06. The zero-order chi connectivity index (χ0) is 7.14. The molecule has 0 unspecified atom stereocenters. The third-order valence-corrected chi connectivity index (χ3v) is 2.75. The summed E-state index contributed by atoms with van der Waals surface area (Å²) >= 11 is 3.41. The van der Waals surface area contributed by atoms with Gasteiger partial charge in [0.15, 0.2) is 0 Å². The monoisotopic (exact) mass is 208 g/mol. The van der Waals surface area contributed by atoms with Gasteiger partial charge in [0.2, 0.25) is 0 Å². The maximum absolute atomic E-state index is 9.25. The highest BCUT2D eigenvalue weighted by Gasteiger charge is 2.45. The molecule has 4 heteroatoms. The Labute approximate surface area is 67.4 Å². The van der Waals surface area contributed by atoms with Crippen LogP contribution in [0.5, 0.6) is 0 Å². The lowest BCUT2D eigenvalue weighted by molar-refractivity contribution is 0.0188. The van der Waals surface area contributed by atoms with Gasteiger partial charge >= 0.3 is 0 Å². The van der Waals surface area contributed by atoms with Gasteiger partial charge < -0.3 is 14.6 Å². The topological polar surface area (TPSA) is 38.7 Å². The molecule has 0 aromatic rings. The summed E-state index contributed by atoms with van der Waals surface area (Å²) in [5.41, 5.74) is 0. The van der Waals surface area contributed by atoms with Crippen LogP contribution in [0.1, 0.15) is 0 Å². The molecule has 1 N–H and O–H groups in total. The van der Waals surface area contributed by atoms with Gasteiger partial charge in [0.25, 0.3) is 0 Å². The van der Waals surface area contributed by atoms with E-state index in [1.165, 1.54) is 0 Å². The minimum atomic E-state index is -0.424. The van der Waals surface area contributed by atoms with Crippen LogP contribution in [0.3, 0.4) is 0 Å². The number of fused-ring (bicyclic) bond motifs is 1. The summed E-state index contributed by atoms with van der Waals surface area (Å²) in [7, 11) is 0. The molecule has 2 rings (SSSR count). The van der Waals surface area contributed by atoms with Crippen LogP contribution in [0, 0.1) is 0 Å². The Kier molecular flexibility index (Phi) is 1.72. The second-order valence-electron chi connectivity index (χ2n) is 2.68. The van der Waals surface area contributed by atoms with Crippen LogP contribution in [-0.4, -0.2) is 41.5 Å². The van der Waals surface area contributed by atoms with Gasteiger partial charge in [-0.2, -0.15) is 0 Å². The van der Waals surface area contributed by atoms with Gasteiger partial charge in [0, 0.05) is 0 Å². The minimum absolute atomic E-state index is 0.0648. The van der Waals surface area contributed by atoms with Crippen molar-refractivity contribution in [3.63, 3.8) is 0 Å². The van der Waals surface area contributed by atoms with E-state index in [1.54, 1.807) is 0 Å². The third-order valence-electron chi connectivity index (χ3n) is 1.97. The summed E-state index contributed by atoms with van der Waals surface area (Å²) in [6.07, 6.45) is -0.452. The number of ether oxygens (including phenoxy) is 2. The van der Waals surface area contributed by atoms with Crippen LogP contribution >= 0.6 is 15.9 Å². The van der Waals surface area contributed by atoms with Gasteiger partial charge in [-0.05, 0) is 0 Å². The number of alkyl halides is 1. The second kappa shape index (κ2) is 2.44. The summed E-state index contributed by atoms with van der Waals surface area (Å²) in [4.78, 5) is 0.259. The first kappa shape index (κ1) is 7.03. The van der Waals surface area contributed by atoms with Gasteiger partial charge in [-0.15, -0.1) is 0 Å². The maximum atomic E-state index is 9.25. The van der Waals surface area contributed by atoms with Crippen molar-refractivity contribution in [2.45, 2.75) is 23.1 Å². The normalized spacial score (nSPS) is 53.4. The van der Waals surface area contributed by atoms with Crippen molar-refractivity contribution >= 4 is 15.9 Å². The summed E-state index contributed by atoms with van der Waals surface area (Å²) < 4.78 is 10.6. The first-order chi connectivity index (χ1) is 4.79. The quantitative estimate of drug-likeness (QED) is 0.566. The maximum Gasteiger partial charge on any atom is 0.113 e. The molecule has 2 aliphatic rings.